The highest BCUT2D eigenvalue weighted by molar-refractivity contribution is 5.94. The Morgan fingerprint density at radius 2 is 2.03 bits per heavy atom. The summed E-state index contributed by atoms with van der Waals surface area (Å²) in [6.45, 7) is 7.30. The molecule has 0 fully saturated rings. The van der Waals surface area contributed by atoms with E-state index >= 15 is 0 Å². The van der Waals surface area contributed by atoms with Crippen LogP contribution in [0.2, 0.25) is 0 Å². The average molecular weight is 500 g/mol. The average Bonchev–Trinajstić information content (AvgIpc) is 3.20. The van der Waals surface area contributed by atoms with Crippen molar-refractivity contribution in [2.45, 2.75) is 65.0 Å². The number of hydrazine groups is 1. The summed E-state index contributed by atoms with van der Waals surface area (Å²) in [4.78, 5) is 50.4. The molecule has 35 heavy (non-hydrogen) atoms. The second-order valence-corrected chi connectivity index (χ2v) is 8.91. The number of aromatic nitrogens is 1. The summed E-state index contributed by atoms with van der Waals surface area (Å²) < 4.78 is 10.5. The minimum Gasteiger partial charge on any atom is -0.480 e. The Balaban J connectivity index is 2.53. The number of nitro groups is 1. The monoisotopic (exact) mass is 499 g/mol. The van der Waals surface area contributed by atoms with Crippen LogP contribution in [0.25, 0.3) is 0 Å². The number of rotatable bonds is 13. The molecule has 1 rings (SSSR count). The lowest BCUT2D eigenvalue weighted by atomic mass is 10.1. The predicted octanol–water partition coefficient (Wildman–Crippen LogP) is 1.12. The van der Waals surface area contributed by atoms with Gasteiger partial charge in [0.05, 0.1) is 6.54 Å². The number of carboxylic acid groups (broad SMARTS) is 1. The Kier molecular flexibility index (Phi) is 10.9. The third kappa shape index (κ3) is 11.2. The van der Waals surface area contributed by atoms with Crippen LogP contribution in [0.15, 0.2) is 10.7 Å². The highest BCUT2D eigenvalue weighted by atomic mass is 16.7. The van der Waals surface area contributed by atoms with E-state index in [1.54, 1.807) is 20.8 Å². The summed E-state index contributed by atoms with van der Waals surface area (Å²) in [7, 11) is 0. The third-order valence-corrected chi connectivity index (χ3v) is 4.57. The fraction of sp³-hybridized carbons (Fsp3) is 0.650. The number of hydrogen-bond donors (Lipinski definition) is 5. The van der Waals surface area contributed by atoms with Crippen molar-refractivity contribution in [1.29, 1.82) is 5.41 Å². The molecule has 1 aromatic rings. The van der Waals surface area contributed by atoms with E-state index in [9.17, 15) is 29.6 Å². The number of amides is 2. The number of nitrogens with one attached hydrogen (secondary N) is 3. The maximum absolute atomic E-state index is 12.4. The number of oxazole rings is 1. The summed E-state index contributed by atoms with van der Waals surface area (Å²) in [6.07, 6.45) is 1.42. The zero-order chi connectivity index (χ0) is 26.8. The topological polar surface area (TPSA) is 227 Å². The van der Waals surface area contributed by atoms with Gasteiger partial charge in [-0.2, -0.15) is 0 Å². The molecular weight excluding hydrogens is 466 g/mol. The zero-order valence-electron chi connectivity index (χ0n) is 20.2. The van der Waals surface area contributed by atoms with Gasteiger partial charge in [-0.1, -0.05) is 11.9 Å². The number of carbonyl (C=O) groups excluding carboxylic acids is 2. The molecule has 0 aromatic carbocycles. The van der Waals surface area contributed by atoms with Gasteiger partial charge in [-0.15, -0.1) is 0 Å². The highest BCUT2D eigenvalue weighted by Crippen LogP contribution is 2.11. The van der Waals surface area contributed by atoms with Crippen molar-refractivity contribution >= 4 is 23.9 Å². The second-order valence-electron chi connectivity index (χ2n) is 8.91. The van der Waals surface area contributed by atoms with Gasteiger partial charge in [0.25, 0.3) is 11.9 Å². The molecule has 0 bridgehead atoms. The lowest BCUT2D eigenvalue weighted by Crippen LogP contribution is -2.44. The van der Waals surface area contributed by atoms with E-state index in [1.807, 2.05) is 6.92 Å². The Morgan fingerprint density at radius 1 is 1.37 bits per heavy atom. The molecule has 0 saturated carbocycles. The van der Waals surface area contributed by atoms with Crippen molar-refractivity contribution in [3.8, 4) is 0 Å². The number of aryl methyl sites for hydroxylation is 1. The first-order valence-electron chi connectivity index (χ1n) is 10.9. The number of carbonyl (C=O) groups is 3. The highest BCUT2D eigenvalue weighted by Gasteiger charge is 2.25. The molecule has 6 N–H and O–H groups in total. The van der Waals surface area contributed by atoms with Crippen LogP contribution in [-0.2, 0) is 16.0 Å². The minimum absolute atomic E-state index is 0.0168. The van der Waals surface area contributed by atoms with Crippen molar-refractivity contribution in [3.05, 3.63) is 28.0 Å². The van der Waals surface area contributed by atoms with E-state index in [0.29, 0.717) is 24.4 Å². The van der Waals surface area contributed by atoms with Crippen molar-refractivity contribution in [3.63, 3.8) is 0 Å². The maximum Gasteiger partial charge on any atom is 0.407 e. The molecule has 0 unspecified atom stereocenters. The number of nitrogens with two attached hydrogens (primary N) is 1. The summed E-state index contributed by atoms with van der Waals surface area (Å²) in [5, 5.41) is 31.8. The van der Waals surface area contributed by atoms with Crippen LogP contribution in [0.4, 0.5) is 4.79 Å². The third-order valence-electron chi connectivity index (χ3n) is 4.57. The van der Waals surface area contributed by atoms with Gasteiger partial charge in [0.1, 0.15) is 17.9 Å². The number of aliphatic carboxylic acids is 1. The van der Waals surface area contributed by atoms with Crippen molar-refractivity contribution in [2.75, 3.05) is 13.1 Å². The van der Waals surface area contributed by atoms with Crippen LogP contribution < -0.4 is 16.4 Å². The van der Waals surface area contributed by atoms with Gasteiger partial charge in [0, 0.05) is 13.0 Å². The lowest BCUT2D eigenvalue weighted by Gasteiger charge is -2.20. The largest absolute Gasteiger partial charge is 0.480 e. The number of nitrogens with zero attached hydrogens (tertiary/aromatic N) is 3. The van der Waals surface area contributed by atoms with Gasteiger partial charge in [-0.25, -0.2) is 24.7 Å². The van der Waals surface area contributed by atoms with E-state index in [-0.39, 0.29) is 36.9 Å². The number of alkyl carbamates (subject to hydrolysis) is 1. The van der Waals surface area contributed by atoms with Crippen molar-refractivity contribution < 1.29 is 33.7 Å². The molecule has 2 amide bonds. The number of hydrogen-bond acceptors (Lipinski definition) is 9. The SMILES string of the molecule is C[C@@H](CCc1nc(C(=O)N[C@@H](CCCN(C(=N)N)[N+](=O)[O-])C(=O)O)co1)CNC(=O)OC(C)(C)C. The van der Waals surface area contributed by atoms with Crippen LogP contribution in [0, 0.1) is 21.4 Å². The molecule has 0 saturated heterocycles. The van der Waals surface area contributed by atoms with Gasteiger partial charge < -0.3 is 30.6 Å². The summed E-state index contributed by atoms with van der Waals surface area (Å²) in [6, 6.07) is -1.33. The summed E-state index contributed by atoms with van der Waals surface area (Å²) in [5.41, 5.74) is 4.41. The Labute approximate surface area is 202 Å². The molecule has 0 aliphatic rings. The van der Waals surface area contributed by atoms with Crippen LogP contribution in [-0.4, -0.2) is 68.8 Å². The van der Waals surface area contributed by atoms with Gasteiger partial charge in [-0.3, -0.25) is 10.2 Å². The van der Waals surface area contributed by atoms with E-state index in [2.05, 4.69) is 15.6 Å². The van der Waals surface area contributed by atoms with Crippen molar-refractivity contribution in [2.24, 2.45) is 11.7 Å². The summed E-state index contributed by atoms with van der Waals surface area (Å²) >= 11 is 0. The van der Waals surface area contributed by atoms with Gasteiger partial charge in [0.2, 0.25) is 0 Å². The van der Waals surface area contributed by atoms with Crippen LogP contribution in [0.1, 0.15) is 63.3 Å². The van der Waals surface area contributed by atoms with E-state index in [1.165, 1.54) is 0 Å². The molecule has 15 heteroatoms. The first-order valence-corrected chi connectivity index (χ1v) is 10.9. The fourth-order valence-corrected chi connectivity index (χ4v) is 2.80. The molecular formula is C20H33N7O8. The molecule has 2 atom stereocenters. The molecule has 0 spiro atoms. The standard InChI is InChI=1S/C20H33N7O8/c1-12(10-23-19(31)35-20(2,3)4)7-8-15-24-14(11-34-15)16(28)25-13(17(29)30)6-5-9-26(18(21)22)27(32)33/h11-13H,5-10H2,1-4H3,(H3,21,22)(H,23,31)(H,25,28)(H,29,30)/t12-,13-/m0/s1. The van der Waals surface area contributed by atoms with Crippen LogP contribution in [0.5, 0.6) is 0 Å². The van der Waals surface area contributed by atoms with E-state index in [4.69, 9.17) is 20.3 Å². The first-order chi connectivity index (χ1) is 16.2. The number of ether oxygens (including phenoxy) is 1. The van der Waals surface area contributed by atoms with Crippen LogP contribution in [0.3, 0.4) is 0 Å². The normalized spacial score (nSPS) is 12.8. The molecule has 0 aliphatic heterocycles. The van der Waals surface area contributed by atoms with E-state index in [0.717, 1.165) is 6.26 Å². The lowest BCUT2D eigenvalue weighted by molar-refractivity contribution is -0.629. The van der Waals surface area contributed by atoms with Gasteiger partial charge in [-0.05, 0) is 46.0 Å². The molecule has 1 aromatic heterocycles. The molecule has 0 aliphatic carbocycles. The summed E-state index contributed by atoms with van der Waals surface area (Å²) in [5.74, 6) is -2.55. The van der Waals surface area contributed by atoms with E-state index < -0.39 is 40.6 Å². The Bertz CT molecular complexity index is 898. The fourth-order valence-electron chi connectivity index (χ4n) is 2.80. The number of guanidine groups is 1. The maximum atomic E-state index is 12.4. The smallest absolute Gasteiger partial charge is 0.407 e. The first kappa shape index (κ1) is 29.1. The Hall–Kier alpha value is -3.91. The molecule has 1 heterocycles. The van der Waals surface area contributed by atoms with Gasteiger partial charge >= 0.3 is 12.1 Å². The quantitative estimate of drug-likeness (QED) is 0.112. The zero-order valence-corrected chi connectivity index (χ0v) is 20.2. The van der Waals surface area contributed by atoms with Crippen LogP contribution >= 0.6 is 0 Å². The van der Waals surface area contributed by atoms with Crippen molar-refractivity contribution in [1.82, 2.24) is 20.6 Å². The molecule has 15 nitrogen and oxygen atoms in total. The predicted molar refractivity (Wildman–Crippen MR) is 122 cm³/mol. The second kappa shape index (κ2) is 13.1. The van der Waals surface area contributed by atoms with Gasteiger partial charge in [0.15, 0.2) is 16.6 Å². The molecule has 196 valence electrons. The molecule has 0 radical (unpaired) electrons. The Morgan fingerprint density at radius 3 is 2.57 bits per heavy atom. The minimum atomic E-state index is -1.33. The number of carboxylic acids is 1.